The van der Waals surface area contributed by atoms with Crippen LogP contribution in [0.15, 0.2) is 63.5 Å². The standard InChI is InChI=1S/C26H24Cl2N2O4S/c1-5-33-25(32)22-15(4)29-26-30(23(22)18-8-6-7-9-19(18)28)24(31)21(35-26)13-16-12-17(27)10-11-20(16)34-14(2)3/h6-14,23H,5H2,1-4H3/b21-13-/t23-/m0/s1. The second kappa shape index (κ2) is 10.4. The Morgan fingerprint density at radius 3 is 2.66 bits per heavy atom. The molecule has 1 aliphatic rings. The Bertz CT molecular complexity index is 1500. The summed E-state index contributed by atoms with van der Waals surface area (Å²) in [5.74, 6) is 0.0803. The van der Waals surface area contributed by atoms with Crippen molar-refractivity contribution in [1.82, 2.24) is 4.57 Å². The van der Waals surface area contributed by atoms with E-state index in [2.05, 4.69) is 4.99 Å². The lowest BCUT2D eigenvalue weighted by Gasteiger charge is -2.25. The molecular weight excluding hydrogens is 507 g/mol. The molecule has 0 aliphatic carbocycles. The molecule has 0 N–H and O–H groups in total. The smallest absolute Gasteiger partial charge is 0.338 e. The van der Waals surface area contributed by atoms with Crippen molar-refractivity contribution < 1.29 is 14.3 Å². The van der Waals surface area contributed by atoms with E-state index in [0.717, 1.165) is 0 Å². The van der Waals surface area contributed by atoms with Crippen LogP contribution in [0.2, 0.25) is 10.0 Å². The maximum absolute atomic E-state index is 13.8. The first-order valence-electron chi connectivity index (χ1n) is 11.1. The number of halogens is 2. The molecule has 4 rings (SSSR count). The summed E-state index contributed by atoms with van der Waals surface area (Å²) in [5.41, 5.74) is 1.75. The number of esters is 1. The first kappa shape index (κ1) is 25.2. The zero-order chi connectivity index (χ0) is 25.3. The predicted octanol–water partition coefficient (Wildman–Crippen LogP) is 4.89. The van der Waals surface area contributed by atoms with Gasteiger partial charge in [-0.25, -0.2) is 9.79 Å². The summed E-state index contributed by atoms with van der Waals surface area (Å²) < 4.78 is 13.2. The highest BCUT2D eigenvalue weighted by molar-refractivity contribution is 7.07. The molecule has 35 heavy (non-hydrogen) atoms. The highest BCUT2D eigenvalue weighted by atomic mass is 35.5. The molecule has 3 aromatic rings. The van der Waals surface area contributed by atoms with Crippen molar-refractivity contribution in [2.45, 2.75) is 39.8 Å². The van der Waals surface area contributed by atoms with Gasteiger partial charge in [-0.15, -0.1) is 0 Å². The molecule has 1 aromatic heterocycles. The molecule has 9 heteroatoms. The third-order valence-electron chi connectivity index (χ3n) is 5.34. The maximum atomic E-state index is 13.8. The quantitative estimate of drug-likeness (QED) is 0.425. The van der Waals surface area contributed by atoms with E-state index in [9.17, 15) is 9.59 Å². The van der Waals surface area contributed by atoms with E-state index in [0.29, 0.717) is 42.0 Å². The van der Waals surface area contributed by atoms with Crippen LogP contribution in [0.4, 0.5) is 0 Å². The first-order chi connectivity index (χ1) is 16.7. The van der Waals surface area contributed by atoms with E-state index in [4.69, 9.17) is 32.7 Å². The molecule has 1 aliphatic heterocycles. The number of nitrogens with zero attached hydrogens (tertiary/aromatic N) is 2. The Morgan fingerprint density at radius 1 is 1.23 bits per heavy atom. The van der Waals surface area contributed by atoms with Gasteiger partial charge in [0.2, 0.25) is 0 Å². The fourth-order valence-electron chi connectivity index (χ4n) is 3.92. The molecule has 2 aromatic carbocycles. The molecule has 182 valence electrons. The monoisotopic (exact) mass is 530 g/mol. The van der Waals surface area contributed by atoms with Gasteiger partial charge in [0.15, 0.2) is 4.80 Å². The summed E-state index contributed by atoms with van der Waals surface area (Å²) >= 11 is 14.0. The van der Waals surface area contributed by atoms with Crippen molar-refractivity contribution in [3.8, 4) is 5.75 Å². The average molecular weight is 531 g/mol. The number of aromatic nitrogens is 1. The van der Waals surface area contributed by atoms with Gasteiger partial charge in [-0.2, -0.15) is 0 Å². The number of hydrogen-bond acceptors (Lipinski definition) is 6. The molecule has 2 heterocycles. The number of ether oxygens (including phenoxy) is 2. The van der Waals surface area contributed by atoms with Crippen LogP contribution < -0.4 is 19.6 Å². The van der Waals surface area contributed by atoms with Crippen molar-refractivity contribution >= 4 is 46.6 Å². The van der Waals surface area contributed by atoms with Gasteiger partial charge in [-0.3, -0.25) is 9.36 Å². The molecule has 0 saturated heterocycles. The van der Waals surface area contributed by atoms with Gasteiger partial charge < -0.3 is 9.47 Å². The Balaban J connectivity index is 1.97. The Hall–Kier alpha value is -2.87. The Labute approximate surface area is 216 Å². The number of rotatable bonds is 6. The van der Waals surface area contributed by atoms with E-state index >= 15 is 0 Å². The minimum absolute atomic E-state index is 0.0560. The van der Waals surface area contributed by atoms with Crippen LogP contribution in [0, 0.1) is 0 Å². The van der Waals surface area contributed by atoms with E-state index in [1.165, 1.54) is 15.9 Å². The Morgan fingerprint density at radius 2 is 1.97 bits per heavy atom. The molecule has 0 unspecified atom stereocenters. The number of carbonyl (C=O) groups excluding carboxylic acids is 1. The first-order valence-corrected chi connectivity index (χ1v) is 12.7. The topological polar surface area (TPSA) is 69.9 Å². The average Bonchev–Trinajstić information content (AvgIpc) is 3.09. The lowest BCUT2D eigenvalue weighted by atomic mass is 9.96. The minimum Gasteiger partial charge on any atom is -0.490 e. The maximum Gasteiger partial charge on any atom is 0.338 e. The minimum atomic E-state index is -0.771. The van der Waals surface area contributed by atoms with Gasteiger partial charge in [-0.05, 0) is 63.6 Å². The fourth-order valence-corrected chi connectivity index (χ4v) is 5.37. The van der Waals surface area contributed by atoms with Crippen LogP contribution >= 0.6 is 34.5 Å². The summed E-state index contributed by atoms with van der Waals surface area (Å²) in [4.78, 5) is 31.8. The molecule has 0 spiro atoms. The summed E-state index contributed by atoms with van der Waals surface area (Å²) in [6.45, 7) is 7.52. The van der Waals surface area contributed by atoms with Gasteiger partial charge >= 0.3 is 5.97 Å². The zero-order valence-corrected chi connectivity index (χ0v) is 22.0. The SMILES string of the molecule is CCOC(=O)C1=C(C)N=c2s/c(=C\c3cc(Cl)ccc3OC(C)C)c(=O)n2[C@H]1c1ccccc1Cl. The molecule has 0 fully saturated rings. The molecule has 0 saturated carbocycles. The fraction of sp³-hybridized carbons (Fsp3) is 0.269. The van der Waals surface area contributed by atoms with E-state index in [-0.39, 0.29) is 23.8 Å². The third kappa shape index (κ3) is 5.08. The van der Waals surface area contributed by atoms with E-state index in [1.54, 1.807) is 56.3 Å². The summed E-state index contributed by atoms with van der Waals surface area (Å²) in [6.07, 6.45) is 1.68. The second-order valence-electron chi connectivity index (χ2n) is 8.17. The van der Waals surface area contributed by atoms with Crippen molar-refractivity contribution in [2.24, 2.45) is 4.99 Å². The van der Waals surface area contributed by atoms with Gasteiger partial charge in [0.1, 0.15) is 11.8 Å². The van der Waals surface area contributed by atoms with Crippen molar-refractivity contribution in [3.05, 3.63) is 94.6 Å². The van der Waals surface area contributed by atoms with Gasteiger partial charge in [-0.1, -0.05) is 52.7 Å². The highest BCUT2D eigenvalue weighted by Gasteiger charge is 2.34. The van der Waals surface area contributed by atoms with Crippen molar-refractivity contribution in [3.63, 3.8) is 0 Å². The van der Waals surface area contributed by atoms with Crippen LogP contribution in [0.5, 0.6) is 5.75 Å². The number of fused-ring (bicyclic) bond motifs is 1. The van der Waals surface area contributed by atoms with Crippen LogP contribution in [0.25, 0.3) is 6.08 Å². The molecule has 0 bridgehead atoms. The highest BCUT2D eigenvalue weighted by Crippen LogP contribution is 2.34. The number of benzene rings is 2. The molecular formula is C26H24Cl2N2O4S. The van der Waals surface area contributed by atoms with Crippen LogP contribution in [0.1, 0.15) is 44.9 Å². The lowest BCUT2D eigenvalue weighted by molar-refractivity contribution is -0.139. The molecule has 0 radical (unpaired) electrons. The number of hydrogen-bond donors (Lipinski definition) is 0. The van der Waals surface area contributed by atoms with Crippen LogP contribution in [-0.4, -0.2) is 23.2 Å². The normalized spacial score (nSPS) is 15.7. The lowest BCUT2D eigenvalue weighted by Crippen LogP contribution is -2.40. The largest absolute Gasteiger partial charge is 0.490 e. The molecule has 6 nitrogen and oxygen atoms in total. The van der Waals surface area contributed by atoms with Gasteiger partial charge in [0.25, 0.3) is 5.56 Å². The Kier molecular flexibility index (Phi) is 7.50. The summed E-state index contributed by atoms with van der Waals surface area (Å²) in [5, 5.41) is 0.959. The molecule has 1 atom stereocenters. The van der Waals surface area contributed by atoms with Gasteiger partial charge in [0.05, 0.1) is 28.5 Å². The van der Waals surface area contributed by atoms with E-state index < -0.39 is 12.0 Å². The van der Waals surface area contributed by atoms with Gasteiger partial charge in [0, 0.05) is 15.6 Å². The van der Waals surface area contributed by atoms with Crippen molar-refractivity contribution in [1.29, 1.82) is 0 Å². The molecule has 0 amide bonds. The number of thiazole rings is 1. The van der Waals surface area contributed by atoms with Crippen LogP contribution in [-0.2, 0) is 9.53 Å². The predicted molar refractivity (Wildman–Crippen MR) is 139 cm³/mol. The number of allylic oxidation sites excluding steroid dienone is 1. The number of carbonyl (C=O) groups is 1. The second-order valence-corrected chi connectivity index (χ2v) is 10.0. The van der Waals surface area contributed by atoms with E-state index in [1.807, 2.05) is 19.9 Å². The summed E-state index contributed by atoms with van der Waals surface area (Å²) in [6, 6.07) is 11.6. The third-order valence-corrected chi connectivity index (χ3v) is 6.90. The van der Waals surface area contributed by atoms with Crippen LogP contribution in [0.3, 0.4) is 0 Å². The van der Waals surface area contributed by atoms with Crippen molar-refractivity contribution in [2.75, 3.05) is 6.61 Å². The zero-order valence-electron chi connectivity index (χ0n) is 19.7. The summed E-state index contributed by atoms with van der Waals surface area (Å²) in [7, 11) is 0.